The summed E-state index contributed by atoms with van der Waals surface area (Å²) in [6.45, 7) is 2.10. The maximum absolute atomic E-state index is 9.63. The van der Waals surface area contributed by atoms with Crippen LogP contribution in [0.25, 0.3) is 0 Å². The molecular formula is C10H12ClNO2. The average molecular weight is 214 g/mol. The van der Waals surface area contributed by atoms with E-state index in [0.717, 1.165) is 18.7 Å². The van der Waals surface area contributed by atoms with E-state index in [2.05, 4.69) is 5.32 Å². The van der Waals surface area contributed by atoms with Gasteiger partial charge in [-0.2, -0.15) is 0 Å². The molecule has 0 aliphatic carbocycles. The zero-order valence-electron chi connectivity index (χ0n) is 7.66. The molecule has 3 nitrogen and oxygen atoms in total. The molecule has 1 aliphatic rings. The molecule has 14 heavy (non-hydrogen) atoms. The molecule has 2 N–H and O–H groups in total. The van der Waals surface area contributed by atoms with Crippen LogP contribution in [0, 0.1) is 0 Å². The SMILES string of the molecule is Oc1ccc(Cl)cc1[C@H]1COCCN1. The number of benzene rings is 1. The van der Waals surface area contributed by atoms with Crippen LogP contribution < -0.4 is 5.32 Å². The predicted octanol–water partition coefficient (Wildman–Crippen LogP) is 1.71. The van der Waals surface area contributed by atoms with Crippen LogP contribution in [-0.4, -0.2) is 24.9 Å². The van der Waals surface area contributed by atoms with E-state index in [9.17, 15) is 5.11 Å². The van der Waals surface area contributed by atoms with Gasteiger partial charge in [0, 0.05) is 17.1 Å². The number of phenolic OH excluding ortho intramolecular Hbond substituents is 1. The van der Waals surface area contributed by atoms with Gasteiger partial charge in [0.05, 0.1) is 19.3 Å². The van der Waals surface area contributed by atoms with E-state index in [4.69, 9.17) is 16.3 Å². The minimum Gasteiger partial charge on any atom is -0.508 e. The van der Waals surface area contributed by atoms with Gasteiger partial charge in [-0.3, -0.25) is 0 Å². The van der Waals surface area contributed by atoms with Crippen molar-refractivity contribution in [2.75, 3.05) is 19.8 Å². The number of rotatable bonds is 1. The number of ether oxygens (including phenoxy) is 1. The Bertz CT molecular complexity index is 324. The van der Waals surface area contributed by atoms with Crippen LogP contribution in [0.2, 0.25) is 5.02 Å². The lowest BCUT2D eigenvalue weighted by atomic mass is 10.1. The Labute approximate surface area is 87.6 Å². The number of hydrogen-bond acceptors (Lipinski definition) is 3. The van der Waals surface area contributed by atoms with Crippen molar-refractivity contribution in [1.82, 2.24) is 5.32 Å². The Morgan fingerprint density at radius 1 is 1.50 bits per heavy atom. The Kier molecular flexibility index (Phi) is 2.91. The fraction of sp³-hybridized carbons (Fsp3) is 0.400. The smallest absolute Gasteiger partial charge is 0.120 e. The summed E-state index contributed by atoms with van der Waals surface area (Å²) in [5, 5.41) is 13.5. The minimum atomic E-state index is 0.0439. The van der Waals surface area contributed by atoms with Gasteiger partial charge in [0.25, 0.3) is 0 Å². The summed E-state index contributed by atoms with van der Waals surface area (Å²) in [6, 6.07) is 5.09. The van der Waals surface area contributed by atoms with E-state index in [1.807, 2.05) is 0 Å². The molecule has 0 spiro atoms. The predicted molar refractivity (Wildman–Crippen MR) is 54.7 cm³/mol. The molecule has 2 rings (SSSR count). The van der Waals surface area contributed by atoms with Crippen molar-refractivity contribution in [3.8, 4) is 5.75 Å². The molecule has 0 saturated carbocycles. The molecule has 0 radical (unpaired) electrons. The van der Waals surface area contributed by atoms with Crippen molar-refractivity contribution in [1.29, 1.82) is 0 Å². The highest BCUT2D eigenvalue weighted by Crippen LogP contribution is 2.28. The summed E-state index contributed by atoms with van der Waals surface area (Å²) in [5.41, 5.74) is 0.803. The number of nitrogens with one attached hydrogen (secondary N) is 1. The van der Waals surface area contributed by atoms with E-state index in [0.29, 0.717) is 11.6 Å². The van der Waals surface area contributed by atoms with E-state index >= 15 is 0 Å². The zero-order valence-corrected chi connectivity index (χ0v) is 8.42. The van der Waals surface area contributed by atoms with Crippen LogP contribution in [0.1, 0.15) is 11.6 Å². The highest BCUT2D eigenvalue weighted by molar-refractivity contribution is 6.30. The maximum atomic E-state index is 9.63. The monoisotopic (exact) mass is 213 g/mol. The normalized spacial score (nSPS) is 22.2. The quantitative estimate of drug-likeness (QED) is 0.746. The molecule has 1 aromatic rings. The minimum absolute atomic E-state index is 0.0439. The van der Waals surface area contributed by atoms with E-state index < -0.39 is 0 Å². The molecular weight excluding hydrogens is 202 g/mol. The summed E-state index contributed by atoms with van der Waals surface area (Å²) >= 11 is 5.86. The summed E-state index contributed by atoms with van der Waals surface area (Å²) in [7, 11) is 0. The average Bonchev–Trinajstić information content (AvgIpc) is 2.23. The number of halogens is 1. The van der Waals surface area contributed by atoms with Crippen LogP contribution in [0.4, 0.5) is 0 Å². The van der Waals surface area contributed by atoms with Gasteiger partial charge in [0.1, 0.15) is 5.75 Å². The highest BCUT2D eigenvalue weighted by atomic mass is 35.5. The Balaban J connectivity index is 2.24. The molecule has 0 bridgehead atoms. The second-order valence-corrected chi connectivity index (χ2v) is 3.72. The second kappa shape index (κ2) is 4.17. The molecule has 76 valence electrons. The number of aromatic hydroxyl groups is 1. The number of morpholine rings is 1. The Morgan fingerprint density at radius 3 is 3.07 bits per heavy atom. The van der Waals surface area contributed by atoms with Crippen LogP contribution in [0.3, 0.4) is 0 Å². The van der Waals surface area contributed by atoms with Gasteiger partial charge in [-0.15, -0.1) is 0 Å². The third-order valence-corrected chi connectivity index (χ3v) is 2.52. The first-order chi connectivity index (χ1) is 6.77. The fourth-order valence-electron chi connectivity index (χ4n) is 1.57. The van der Waals surface area contributed by atoms with Crippen LogP contribution >= 0.6 is 11.6 Å². The van der Waals surface area contributed by atoms with E-state index in [1.54, 1.807) is 18.2 Å². The first-order valence-corrected chi connectivity index (χ1v) is 4.95. The van der Waals surface area contributed by atoms with Crippen molar-refractivity contribution in [3.05, 3.63) is 28.8 Å². The van der Waals surface area contributed by atoms with Gasteiger partial charge in [-0.25, -0.2) is 0 Å². The van der Waals surface area contributed by atoms with Crippen molar-refractivity contribution >= 4 is 11.6 Å². The lowest BCUT2D eigenvalue weighted by Gasteiger charge is -2.24. The Hall–Kier alpha value is -0.770. The third-order valence-electron chi connectivity index (χ3n) is 2.29. The molecule has 0 amide bonds. The largest absolute Gasteiger partial charge is 0.508 e. The van der Waals surface area contributed by atoms with Gasteiger partial charge in [0.15, 0.2) is 0 Å². The summed E-state index contributed by atoms with van der Waals surface area (Å²) in [6.07, 6.45) is 0. The second-order valence-electron chi connectivity index (χ2n) is 3.28. The standard InChI is InChI=1S/C10H12ClNO2/c11-7-1-2-10(13)8(5-7)9-6-14-4-3-12-9/h1-2,5,9,12-13H,3-4,6H2/t9-/m1/s1. The lowest BCUT2D eigenvalue weighted by Crippen LogP contribution is -2.34. The van der Waals surface area contributed by atoms with Crippen LogP contribution in [-0.2, 0) is 4.74 Å². The fourth-order valence-corrected chi connectivity index (χ4v) is 1.75. The lowest BCUT2D eigenvalue weighted by molar-refractivity contribution is 0.0761. The van der Waals surface area contributed by atoms with Gasteiger partial charge < -0.3 is 15.2 Å². The van der Waals surface area contributed by atoms with Gasteiger partial charge in [-0.05, 0) is 18.2 Å². The van der Waals surface area contributed by atoms with Gasteiger partial charge >= 0.3 is 0 Å². The number of hydrogen-bond donors (Lipinski definition) is 2. The van der Waals surface area contributed by atoms with Gasteiger partial charge in [0.2, 0.25) is 0 Å². The number of phenols is 1. The van der Waals surface area contributed by atoms with Crippen LogP contribution in [0.15, 0.2) is 18.2 Å². The molecule has 1 fully saturated rings. The summed E-state index contributed by atoms with van der Waals surface area (Å²) in [4.78, 5) is 0. The topological polar surface area (TPSA) is 41.5 Å². The van der Waals surface area contributed by atoms with Crippen molar-refractivity contribution in [2.24, 2.45) is 0 Å². The summed E-state index contributed by atoms with van der Waals surface area (Å²) in [5.74, 6) is 0.261. The van der Waals surface area contributed by atoms with Crippen molar-refractivity contribution < 1.29 is 9.84 Å². The molecule has 1 heterocycles. The Morgan fingerprint density at radius 2 is 2.36 bits per heavy atom. The van der Waals surface area contributed by atoms with Crippen molar-refractivity contribution in [3.63, 3.8) is 0 Å². The zero-order chi connectivity index (χ0) is 9.97. The maximum Gasteiger partial charge on any atom is 0.120 e. The highest BCUT2D eigenvalue weighted by Gasteiger charge is 2.18. The molecule has 4 heteroatoms. The third kappa shape index (κ3) is 2.00. The molecule has 1 aliphatic heterocycles. The van der Waals surface area contributed by atoms with Gasteiger partial charge in [-0.1, -0.05) is 11.6 Å². The van der Waals surface area contributed by atoms with E-state index in [1.165, 1.54) is 0 Å². The molecule has 1 atom stereocenters. The van der Waals surface area contributed by atoms with Crippen molar-refractivity contribution in [2.45, 2.75) is 6.04 Å². The van der Waals surface area contributed by atoms with Crippen LogP contribution in [0.5, 0.6) is 5.75 Å². The molecule has 1 aromatic carbocycles. The molecule has 1 saturated heterocycles. The molecule has 0 aromatic heterocycles. The van der Waals surface area contributed by atoms with E-state index in [-0.39, 0.29) is 11.8 Å². The molecule has 0 unspecified atom stereocenters. The summed E-state index contributed by atoms with van der Waals surface area (Å²) < 4.78 is 5.31. The first-order valence-electron chi connectivity index (χ1n) is 4.57. The first kappa shape index (κ1) is 9.77.